The molecule has 0 aliphatic carbocycles. The summed E-state index contributed by atoms with van der Waals surface area (Å²) in [4.78, 5) is 25.5. The molecule has 1 unspecified atom stereocenters. The third kappa shape index (κ3) is 1.81. The largest absolute Gasteiger partial charge is 0.465 e. The average Bonchev–Trinajstić information content (AvgIpc) is 2.39. The molecule has 2 rings (SSSR count). The van der Waals surface area contributed by atoms with E-state index >= 15 is 0 Å². The van der Waals surface area contributed by atoms with Crippen LogP contribution in [0, 0.1) is 0 Å². The van der Waals surface area contributed by atoms with E-state index in [9.17, 15) is 9.59 Å². The third-order valence-corrected chi connectivity index (χ3v) is 3.17. The molecule has 0 aromatic heterocycles. The summed E-state index contributed by atoms with van der Waals surface area (Å²) in [6, 6.07) is 4.93. The second-order valence-corrected chi connectivity index (χ2v) is 4.14. The number of hydrogen-bond acceptors (Lipinski definition) is 4. The first-order chi connectivity index (χ1) is 8.60. The topological polar surface area (TPSA) is 58.6 Å². The number of likely N-dealkylation sites (N-methyl/N-ethyl adjacent to an activating group) is 1. The molecule has 0 radical (unpaired) electrons. The molecule has 0 bridgehead atoms. The van der Waals surface area contributed by atoms with Crippen molar-refractivity contribution in [3.8, 4) is 0 Å². The van der Waals surface area contributed by atoms with Gasteiger partial charge in [0, 0.05) is 6.54 Å². The molecule has 5 nitrogen and oxygen atoms in total. The Balaban J connectivity index is 2.59. The zero-order valence-corrected chi connectivity index (χ0v) is 10.7. The lowest BCUT2D eigenvalue weighted by atomic mass is 10.0. The minimum absolute atomic E-state index is 0.0636. The number of esters is 1. The second-order valence-electron chi connectivity index (χ2n) is 4.14. The Labute approximate surface area is 106 Å². The first-order valence-corrected chi connectivity index (χ1v) is 5.89. The molecule has 1 aromatic rings. The number of amides is 1. The van der Waals surface area contributed by atoms with Gasteiger partial charge in [0.25, 0.3) is 0 Å². The number of benzene rings is 1. The highest BCUT2D eigenvalue weighted by atomic mass is 16.5. The Morgan fingerprint density at radius 2 is 2.22 bits per heavy atom. The predicted molar refractivity (Wildman–Crippen MR) is 68.9 cm³/mol. The van der Waals surface area contributed by atoms with E-state index in [2.05, 4.69) is 5.32 Å². The predicted octanol–water partition coefficient (Wildman–Crippen LogP) is 1.64. The Morgan fingerprint density at radius 1 is 1.50 bits per heavy atom. The van der Waals surface area contributed by atoms with Crippen LogP contribution in [0.25, 0.3) is 0 Å². The summed E-state index contributed by atoms with van der Waals surface area (Å²) in [6.07, 6.45) is 0. The lowest BCUT2D eigenvalue weighted by molar-refractivity contribution is -0.117. The molecule has 1 N–H and O–H groups in total. The summed E-state index contributed by atoms with van der Waals surface area (Å²) in [7, 11) is 1.35. The van der Waals surface area contributed by atoms with Crippen LogP contribution in [-0.4, -0.2) is 31.6 Å². The molecule has 0 fully saturated rings. The van der Waals surface area contributed by atoms with Crippen LogP contribution in [0.15, 0.2) is 18.2 Å². The molecular weight excluding hydrogens is 232 g/mol. The van der Waals surface area contributed by atoms with Gasteiger partial charge < -0.3 is 15.0 Å². The van der Waals surface area contributed by atoms with Crippen molar-refractivity contribution >= 4 is 23.3 Å². The van der Waals surface area contributed by atoms with Gasteiger partial charge in [-0.25, -0.2) is 4.79 Å². The molecule has 5 heteroatoms. The minimum atomic E-state index is -0.395. The molecule has 96 valence electrons. The van der Waals surface area contributed by atoms with Crippen LogP contribution in [0.2, 0.25) is 0 Å². The van der Waals surface area contributed by atoms with Gasteiger partial charge in [-0.1, -0.05) is 6.07 Å². The molecule has 1 aliphatic rings. The summed E-state index contributed by atoms with van der Waals surface area (Å²) in [5.74, 6) is -0.458. The molecular formula is C13H16N2O3. The van der Waals surface area contributed by atoms with E-state index in [1.807, 2.05) is 18.7 Å². The second kappa shape index (κ2) is 4.68. The van der Waals surface area contributed by atoms with Crippen LogP contribution >= 0.6 is 0 Å². The number of ether oxygens (including phenoxy) is 1. The molecule has 1 aromatic carbocycles. The summed E-state index contributed by atoms with van der Waals surface area (Å²) < 4.78 is 4.78. The fourth-order valence-electron chi connectivity index (χ4n) is 2.23. The van der Waals surface area contributed by atoms with Crippen LogP contribution in [0.1, 0.15) is 24.2 Å². The first kappa shape index (κ1) is 12.4. The zero-order valence-electron chi connectivity index (χ0n) is 10.7. The van der Waals surface area contributed by atoms with Gasteiger partial charge in [-0.05, 0) is 26.0 Å². The van der Waals surface area contributed by atoms with Crippen LogP contribution in [-0.2, 0) is 9.53 Å². The summed E-state index contributed by atoms with van der Waals surface area (Å²) in [5.41, 5.74) is 1.87. The van der Waals surface area contributed by atoms with Gasteiger partial charge in [-0.15, -0.1) is 0 Å². The van der Waals surface area contributed by atoms with E-state index in [4.69, 9.17) is 4.74 Å². The Kier molecular flexibility index (Phi) is 3.23. The molecule has 1 heterocycles. The Bertz CT molecular complexity index is 499. The highest BCUT2D eigenvalue weighted by Crippen LogP contribution is 2.35. The van der Waals surface area contributed by atoms with E-state index in [1.54, 1.807) is 18.2 Å². The number of nitrogens with zero attached hydrogens (tertiary/aromatic N) is 1. The van der Waals surface area contributed by atoms with Gasteiger partial charge in [0.15, 0.2) is 0 Å². The molecule has 0 saturated heterocycles. The maximum Gasteiger partial charge on any atom is 0.340 e. The number of methoxy groups -OCH3 is 1. The van der Waals surface area contributed by atoms with E-state index in [1.165, 1.54) is 7.11 Å². The third-order valence-electron chi connectivity index (χ3n) is 3.17. The quantitative estimate of drug-likeness (QED) is 0.808. The molecule has 0 saturated carbocycles. The number of fused-ring (bicyclic) bond motifs is 1. The van der Waals surface area contributed by atoms with Gasteiger partial charge in [0.05, 0.1) is 24.0 Å². The summed E-state index contributed by atoms with van der Waals surface area (Å²) >= 11 is 0. The van der Waals surface area contributed by atoms with Crippen molar-refractivity contribution in [2.45, 2.75) is 19.9 Å². The number of carbonyl (C=O) groups is 2. The van der Waals surface area contributed by atoms with Gasteiger partial charge in [-0.2, -0.15) is 0 Å². The summed E-state index contributed by atoms with van der Waals surface area (Å²) in [6.45, 7) is 4.42. The highest BCUT2D eigenvalue weighted by molar-refractivity contribution is 6.08. The molecule has 0 spiro atoms. The lowest BCUT2D eigenvalue weighted by Gasteiger charge is -2.36. The van der Waals surface area contributed by atoms with E-state index < -0.39 is 5.97 Å². The van der Waals surface area contributed by atoms with Crippen molar-refractivity contribution in [3.05, 3.63) is 23.8 Å². The SMILES string of the molecule is CCN1c2c(cccc2C(=O)OC)NC(=O)C1C. The first-order valence-electron chi connectivity index (χ1n) is 5.89. The van der Waals surface area contributed by atoms with E-state index in [0.717, 1.165) is 5.69 Å². The number of para-hydroxylation sites is 1. The molecule has 18 heavy (non-hydrogen) atoms. The number of anilines is 2. The molecule has 1 atom stereocenters. The fourth-order valence-corrected chi connectivity index (χ4v) is 2.23. The Hall–Kier alpha value is -2.04. The fraction of sp³-hybridized carbons (Fsp3) is 0.385. The van der Waals surface area contributed by atoms with Gasteiger partial charge >= 0.3 is 5.97 Å². The minimum Gasteiger partial charge on any atom is -0.465 e. The smallest absolute Gasteiger partial charge is 0.340 e. The number of carbonyl (C=O) groups excluding carboxylic acids is 2. The number of nitrogens with one attached hydrogen (secondary N) is 1. The monoisotopic (exact) mass is 248 g/mol. The maximum atomic E-state index is 11.8. The van der Waals surface area contributed by atoms with Crippen molar-refractivity contribution in [2.24, 2.45) is 0 Å². The van der Waals surface area contributed by atoms with Crippen molar-refractivity contribution in [2.75, 3.05) is 23.9 Å². The lowest BCUT2D eigenvalue weighted by Crippen LogP contribution is -2.46. The molecule has 1 amide bonds. The Morgan fingerprint density at radius 3 is 2.83 bits per heavy atom. The number of hydrogen-bond donors (Lipinski definition) is 1. The normalized spacial score (nSPS) is 18.1. The van der Waals surface area contributed by atoms with Crippen molar-refractivity contribution in [3.63, 3.8) is 0 Å². The van der Waals surface area contributed by atoms with Crippen molar-refractivity contribution in [1.82, 2.24) is 0 Å². The van der Waals surface area contributed by atoms with E-state index in [-0.39, 0.29) is 11.9 Å². The van der Waals surface area contributed by atoms with Crippen LogP contribution in [0.4, 0.5) is 11.4 Å². The standard InChI is InChI=1S/C13H16N2O3/c1-4-15-8(2)12(16)14-10-7-5-6-9(11(10)15)13(17)18-3/h5-8H,4H2,1-3H3,(H,14,16). The maximum absolute atomic E-state index is 11.8. The van der Waals surface area contributed by atoms with Gasteiger partial charge in [0.2, 0.25) is 5.91 Å². The average molecular weight is 248 g/mol. The van der Waals surface area contributed by atoms with Crippen LogP contribution in [0.5, 0.6) is 0 Å². The highest BCUT2D eigenvalue weighted by Gasteiger charge is 2.31. The zero-order chi connectivity index (χ0) is 13.3. The van der Waals surface area contributed by atoms with Crippen LogP contribution in [0.3, 0.4) is 0 Å². The number of rotatable bonds is 2. The van der Waals surface area contributed by atoms with E-state index in [0.29, 0.717) is 17.8 Å². The summed E-state index contributed by atoms with van der Waals surface area (Å²) in [5, 5.41) is 2.80. The van der Waals surface area contributed by atoms with Crippen molar-refractivity contribution < 1.29 is 14.3 Å². The van der Waals surface area contributed by atoms with Gasteiger partial charge in [0.1, 0.15) is 6.04 Å². The van der Waals surface area contributed by atoms with Crippen LogP contribution < -0.4 is 10.2 Å². The van der Waals surface area contributed by atoms with Crippen molar-refractivity contribution in [1.29, 1.82) is 0 Å². The molecule has 1 aliphatic heterocycles. The van der Waals surface area contributed by atoms with Gasteiger partial charge in [-0.3, -0.25) is 4.79 Å².